The lowest BCUT2D eigenvalue weighted by Gasteiger charge is -2.26. The number of hydrogen-bond donors (Lipinski definition) is 2. The van der Waals surface area contributed by atoms with Crippen molar-refractivity contribution in [3.8, 4) is 5.75 Å². The minimum Gasteiger partial charge on any atom is -0.496 e. The molecule has 0 spiro atoms. The maximum Gasteiger partial charge on any atom is 0.222 e. The van der Waals surface area contributed by atoms with Crippen LogP contribution in [0.2, 0.25) is 0 Å². The fourth-order valence-electron chi connectivity index (χ4n) is 4.27. The molecule has 0 amide bonds. The predicted molar refractivity (Wildman–Crippen MR) is 132 cm³/mol. The summed E-state index contributed by atoms with van der Waals surface area (Å²) in [6.07, 6.45) is 3.91. The standard InChI is InChI=1S/C24H35N7O3/c1-3-4-7-30(8-11-32)23-22-20(26-24(25)27-23)17-31(28-22)16-19-6-5-18(14-21(19)33-2)15-29-9-12-34-13-10-29/h5-6,14,17,32H,3-4,7-13,15-16H2,1-2H3,(H2,25,26). The average Bonchev–Trinajstić information content (AvgIpc) is 3.25. The van der Waals surface area contributed by atoms with Crippen LogP contribution in [0.5, 0.6) is 5.75 Å². The Balaban J connectivity index is 1.58. The van der Waals surface area contributed by atoms with Gasteiger partial charge in [0.2, 0.25) is 5.95 Å². The van der Waals surface area contributed by atoms with Gasteiger partial charge in [-0.1, -0.05) is 25.5 Å². The Hall–Kier alpha value is -2.95. The maximum absolute atomic E-state index is 9.56. The molecule has 3 aromatic rings. The van der Waals surface area contributed by atoms with Gasteiger partial charge in [-0.25, -0.2) is 4.98 Å². The molecule has 0 aliphatic carbocycles. The number of hydrogen-bond acceptors (Lipinski definition) is 9. The van der Waals surface area contributed by atoms with E-state index in [9.17, 15) is 5.11 Å². The van der Waals surface area contributed by atoms with Crippen LogP contribution in [0.3, 0.4) is 0 Å². The summed E-state index contributed by atoms with van der Waals surface area (Å²) in [5, 5.41) is 14.3. The molecule has 1 fully saturated rings. The van der Waals surface area contributed by atoms with Gasteiger partial charge in [-0.2, -0.15) is 10.1 Å². The molecule has 0 unspecified atom stereocenters. The van der Waals surface area contributed by atoms with E-state index in [4.69, 9.17) is 20.3 Å². The first-order valence-corrected chi connectivity index (χ1v) is 11.9. The molecule has 0 radical (unpaired) electrons. The summed E-state index contributed by atoms with van der Waals surface area (Å²) in [5.74, 6) is 1.70. The first kappa shape index (κ1) is 24.2. The molecule has 1 aliphatic rings. The Labute approximate surface area is 200 Å². The number of ether oxygens (including phenoxy) is 2. The second-order valence-corrected chi connectivity index (χ2v) is 8.56. The predicted octanol–water partition coefficient (Wildman–Crippen LogP) is 1.90. The van der Waals surface area contributed by atoms with E-state index in [-0.39, 0.29) is 12.6 Å². The van der Waals surface area contributed by atoms with Crippen LogP contribution in [0.4, 0.5) is 11.8 Å². The van der Waals surface area contributed by atoms with Gasteiger partial charge < -0.3 is 25.2 Å². The van der Waals surface area contributed by atoms with Crippen molar-refractivity contribution in [2.24, 2.45) is 0 Å². The second-order valence-electron chi connectivity index (χ2n) is 8.56. The van der Waals surface area contributed by atoms with E-state index in [0.717, 1.165) is 63.5 Å². The van der Waals surface area contributed by atoms with E-state index >= 15 is 0 Å². The Kier molecular flexibility index (Phi) is 8.15. The van der Waals surface area contributed by atoms with Crippen LogP contribution in [0, 0.1) is 0 Å². The Morgan fingerprint density at radius 2 is 2.00 bits per heavy atom. The molecule has 1 aliphatic heterocycles. The zero-order valence-corrected chi connectivity index (χ0v) is 20.1. The van der Waals surface area contributed by atoms with Gasteiger partial charge >= 0.3 is 0 Å². The molecular formula is C24H35N7O3. The highest BCUT2D eigenvalue weighted by Gasteiger charge is 2.18. The number of morpholine rings is 1. The maximum atomic E-state index is 9.56. The first-order valence-electron chi connectivity index (χ1n) is 11.9. The molecule has 2 aromatic heterocycles. The summed E-state index contributed by atoms with van der Waals surface area (Å²) in [4.78, 5) is 13.3. The van der Waals surface area contributed by atoms with E-state index < -0.39 is 0 Å². The van der Waals surface area contributed by atoms with Crippen molar-refractivity contribution >= 4 is 22.8 Å². The second kappa shape index (κ2) is 11.5. The van der Waals surface area contributed by atoms with E-state index in [0.29, 0.717) is 29.9 Å². The topological polar surface area (TPSA) is 115 Å². The SMILES string of the molecule is CCCCN(CCO)c1nc(N)nc2cn(Cc3ccc(CN4CCOCC4)cc3OC)nc12. The molecule has 184 valence electrons. The van der Waals surface area contributed by atoms with Crippen LogP contribution >= 0.6 is 0 Å². The van der Waals surface area contributed by atoms with E-state index in [1.807, 2.05) is 15.8 Å². The van der Waals surface area contributed by atoms with E-state index in [1.165, 1.54) is 5.56 Å². The van der Waals surface area contributed by atoms with Gasteiger partial charge in [0.25, 0.3) is 0 Å². The molecule has 0 saturated carbocycles. The number of nitrogens with two attached hydrogens (primary N) is 1. The molecule has 34 heavy (non-hydrogen) atoms. The lowest BCUT2D eigenvalue weighted by Crippen LogP contribution is -2.35. The van der Waals surface area contributed by atoms with Gasteiger partial charge in [-0.3, -0.25) is 9.58 Å². The number of unbranched alkanes of at least 4 members (excludes halogenated alkanes) is 1. The number of benzene rings is 1. The quantitative estimate of drug-likeness (QED) is 0.434. The normalized spacial score (nSPS) is 14.6. The van der Waals surface area contributed by atoms with Crippen molar-refractivity contribution < 1.29 is 14.6 Å². The van der Waals surface area contributed by atoms with Crippen molar-refractivity contribution in [3.63, 3.8) is 0 Å². The zero-order valence-electron chi connectivity index (χ0n) is 20.1. The number of anilines is 2. The molecule has 1 saturated heterocycles. The van der Waals surface area contributed by atoms with Crippen molar-refractivity contribution in [1.82, 2.24) is 24.6 Å². The fraction of sp³-hybridized carbons (Fsp3) is 0.542. The molecule has 3 N–H and O–H groups in total. The molecular weight excluding hydrogens is 434 g/mol. The zero-order chi connectivity index (χ0) is 23.9. The fourth-order valence-corrected chi connectivity index (χ4v) is 4.27. The highest BCUT2D eigenvalue weighted by molar-refractivity contribution is 5.86. The summed E-state index contributed by atoms with van der Waals surface area (Å²) < 4.78 is 13.0. The number of aliphatic hydroxyl groups excluding tert-OH is 1. The van der Waals surface area contributed by atoms with Crippen molar-refractivity contribution in [3.05, 3.63) is 35.5 Å². The molecule has 0 bridgehead atoms. The summed E-state index contributed by atoms with van der Waals surface area (Å²) in [6, 6.07) is 6.35. The molecule has 4 rings (SSSR count). The van der Waals surface area contributed by atoms with Crippen LogP contribution in [0.1, 0.15) is 30.9 Å². The van der Waals surface area contributed by atoms with E-state index in [2.05, 4.69) is 40.0 Å². The van der Waals surface area contributed by atoms with Crippen molar-refractivity contribution in [2.45, 2.75) is 32.9 Å². The minimum atomic E-state index is 0.0316. The third kappa shape index (κ3) is 5.75. The van der Waals surface area contributed by atoms with Crippen LogP contribution in [0.25, 0.3) is 11.0 Å². The van der Waals surface area contributed by atoms with Gasteiger partial charge in [-0.05, 0) is 18.1 Å². The van der Waals surface area contributed by atoms with Gasteiger partial charge in [0.05, 0.1) is 39.7 Å². The lowest BCUT2D eigenvalue weighted by atomic mass is 10.1. The minimum absolute atomic E-state index is 0.0316. The van der Waals surface area contributed by atoms with Crippen molar-refractivity contribution in [1.29, 1.82) is 0 Å². The van der Waals surface area contributed by atoms with Crippen LogP contribution in [-0.2, 0) is 17.8 Å². The molecule has 1 aromatic carbocycles. The number of aromatic nitrogens is 4. The van der Waals surface area contributed by atoms with Gasteiger partial charge in [-0.15, -0.1) is 0 Å². The molecule has 3 heterocycles. The number of nitrogens with zero attached hydrogens (tertiary/aromatic N) is 6. The van der Waals surface area contributed by atoms with Gasteiger partial charge in [0.1, 0.15) is 11.3 Å². The number of rotatable bonds is 11. The Morgan fingerprint density at radius 1 is 1.18 bits per heavy atom. The van der Waals surface area contributed by atoms with E-state index in [1.54, 1.807) is 7.11 Å². The Bertz CT molecular complexity index is 1080. The van der Waals surface area contributed by atoms with Gasteiger partial charge in [0, 0.05) is 38.3 Å². The Morgan fingerprint density at radius 3 is 2.74 bits per heavy atom. The van der Waals surface area contributed by atoms with Crippen molar-refractivity contribution in [2.75, 3.05) is 63.7 Å². The summed E-state index contributed by atoms with van der Waals surface area (Å²) in [7, 11) is 1.70. The number of aliphatic hydroxyl groups is 1. The average molecular weight is 470 g/mol. The number of methoxy groups -OCH3 is 1. The molecule has 0 atom stereocenters. The summed E-state index contributed by atoms with van der Waals surface area (Å²) in [5.41, 5.74) is 9.62. The summed E-state index contributed by atoms with van der Waals surface area (Å²) >= 11 is 0. The van der Waals surface area contributed by atoms with Crippen LogP contribution < -0.4 is 15.4 Å². The van der Waals surface area contributed by atoms with Crippen LogP contribution in [0.15, 0.2) is 24.4 Å². The number of nitrogen functional groups attached to an aromatic ring is 1. The highest BCUT2D eigenvalue weighted by Crippen LogP contribution is 2.26. The number of fused-ring (bicyclic) bond motifs is 1. The first-order chi connectivity index (χ1) is 16.6. The largest absolute Gasteiger partial charge is 0.496 e. The molecule has 10 heteroatoms. The monoisotopic (exact) mass is 469 g/mol. The lowest BCUT2D eigenvalue weighted by molar-refractivity contribution is 0.0341. The highest BCUT2D eigenvalue weighted by atomic mass is 16.5. The third-order valence-electron chi connectivity index (χ3n) is 6.05. The molecule has 10 nitrogen and oxygen atoms in total. The third-order valence-corrected chi connectivity index (χ3v) is 6.05. The summed E-state index contributed by atoms with van der Waals surface area (Å²) in [6.45, 7) is 8.28. The van der Waals surface area contributed by atoms with Gasteiger partial charge in [0.15, 0.2) is 11.3 Å². The van der Waals surface area contributed by atoms with Crippen LogP contribution in [-0.4, -0.2) is 82.9 Å². The smallest absolute Gasteiger partial charge is 0.222 e.